The molecule has 0 aliphatic rings. The average molecular weight is 631 g/mol. The molecule has 0 saturated carbocycles. The molecule has 3 aromatic rings. The van der Waals surface area contributed by atoms with E-state index < -0.39 is 28.5 Å². The minimum atomic E-state index is -4.18. The van der Waals surface area contributed by atoms with E-state index in [4.69, 9.17) is 4.74 Å². The Morgan fingerprint density at radius 2 is 1.65 bits per heavy atom. The van der Waals surface area contributed by atoms with Crippen molar-refractivity contribution in [2.75, 3.05) is 18.0 Å². The lowest BCUT2D eigenvalue weighted by atomic mass is 10.1. The van der Waals surface area contributed by atoms with Crippen molar-refractivity contribution in [1.82, 2.24) is 10.2 Å². The summed E-state index contributed by atoms with van der Waals surface area (Å²) < 4.78 is 35.4. The first kappa shape index (κ1) is 31.2. The van der Waals surface area contributed by atoms with Crippen LogP contribution in [0.3, 0.4) is 0 Å². The number of methoxy groups -OCH3 is 1. The van der Waals surface area contributed by atoms with E-state index in [1.54, 1.807) is 43.3 Å². The monoisotopic (exact) mass is 629 g/mol. The molecule has 3 aromatic carbocycles. The number of carbonyl (C=O) groups is 2. The van der Waals surface area contributed by atoms with Crippen LogP contribution in [0.2, 0.25) is 0 Å². The molecular weight excluding hydrogens is 594 g/mol. The Bertz CT molecular complexity index is 1420. The van der Waals surface area contributed by atoms with Gasteiger partial charge in [-0.15, -0.1) is 0 Å². The molecule has 0 spiro atoms. The van der Waals surface area contributed by atoms with Crippen molar-refractivity contribution in [3.63, 3.8) is 0 Å². The molecule has 0 heterocycles. The first-order valence-electron chi connectivity index (χ1n) is 13.0. The quantitative estimate of drug-likeness (QED) is 0.294. The van der Waals surface area contributed by atoms with Crippen LogP contribution in [0.5, 0.6) is 5.75 Å². The zero-order valence-corrected chi connectivity index (χ0v) is 25.8. The van der Waals surface area contributed by atoms with Gasteiger partial charge in [-0.25, -0.2) is 8.42 Å². The van der Waals surface area contributed by atoms with Gasteiger partial charge in [-0.05, 0) is 74.7 Å². The number of carbonyl (C=O) groups excluding carboxylic acids is 2. The second-order valence-electron chi connectivity index (χ2n) is 9.64. The maximum absolute atomic E-state index is 14.1. The van der Waals surface area contributed by atoms with Crippen molar-refractivity contribution in [3.05, 3.63) is 88.4 Å². The molecule has 0 aliphatic heterocycles. The minimum absolute atomic E-state index is 0.0355. The zero-order chi connectivity index (χ0) is 29.4. The van der Waals surface area contributed by atoms with Crippen LogP contribution < -0.4 is 14.4 Å². The number of ether oxygens (including phenoxy) is 1. The molecule has 0 aromatic heterocycles. The van der Waals surface area contributed by atoms with Gasteiger partial charge in [0.25, 0.3) is 10.0 Å². The highest BCUT2D eigenvalue weighted by atomic mass is 79.9. The molecule has 0 saturated heterocycles. The van der Waals surface area contributed by atoms with Crippen LogP contribution in [0.4, 0.5) is 5.69 Å². The minimum Gasteiger partial charge on any atom is -0.495 e. The summed E-state index contributed by atoms with van der Waals surface area (Å²) in [5.74, 6) is -0.539. The lowest BCUT2D eigenvalue weighted by Gasteiger charge is -2.33. The lowest BCUT2D eigenvalue weighted by Crippen LogP contribution is -2.52. The fourth-order valence-corrected chi connectivity index (χ4v) is 5.76. The van der Waals surface area contributed by atoms with E-state index in [0.29, 0.717) is 5.75 Å². The van der Waals surface area contributed by atoms with E-state index in [0.717, 1.165) is 26.3 Å². The van der Waals surface area contributed by atoms with E-state index in [1.165, 1.54) is 24.1 Å². The predicted molar refractivity (Wildman–Crippen MR) is 161 cm³/mol. The number of halogens is 1. The number of nitrogens with one attached hydrogen (secondary N) is 1. The number of sulfonamides is 1. The molecule has 0 radical (unpaired) electrons. The van der Waals surface area contributed by atoms with Crippen molar-refractivity contribution in [1.29, 1.82) is 0 Å². The van der Waals surface area contributed by atoms with Gasteiger partial charge in [-0.3, -0.25) is 13.9 Å². The molecule has 2 amide bonds. The Labute approximate surface area is 245 Å². The van der Waals surface area contributed by atoms with E-state index in [1.807, 2.05) is 45.0 Å². The van der Waals surface area contributed by atoms with Gasteiger partial charge in [-0.1, -0.05) is 59.3 Å². The largest absolute Gasteiger partial charge is 0.495 e. The molecule has 8 nitrogen and oxygen atoms in total. The van der Waals surface area contributed by atoms with E-state index in [-0.39, 0.29) is 29.1 Å². The van der Waals surface area contributed by atoms with Gasteiger partial charge in [0.1, 0.15) is 18.3 Å². The van der Waals surface area contributed by atoms with Crippen molar-refractivity contribution >= 4 is 43.5 Å². The van der Waals surface area contributed by atoms with Crippen LogP contribution in [0.1, 0.15) is 38.3 Å². The molecular formula is C30H36BrN3O5S. The van der Waals surface area contributed by atoms with Crippen molar-refractivity contribution in [2.45, 2.75) is 57.6 Å². The summed E-state index contributed by atoms with van der Waals surface area (Å²) in [6, 6.07) is 19.6. The highest BCUT2D eigenvalue weighted by Gasteiger charge is 2.34. The molecule has 3 rings (SSSR count). The summed E-state index contributed by atoms with van der Waals surface area (Å²) in [6.45, 7) is 6.92. The number of benzene rings is 3. The summed E-state index contributed by atoms with van der Waals surface area (Å²) in [5.41, 5.74) is 1.83. The Balaban J connectivity index is 2.08. The van der Waals surface area contributed by atoms with Crippen LogP contribution in [0, 0.1) is 6.92 Å². The van der Waals surface area contributed by atoms with Crippen molar-refractivity contribution in [3.8, 4) is 5.75 Å². The van der Waals surface area contributed by atoms with Gasteiger partial charge < -0.3 is 15.0 Å². The average Bonchev–Trinajstić information content (AvgIpc) is 2.95. The number of hydrogen-bond donors (Lipinski definition) is 1. The fourth-order valence-electron chi connectivity index (χ4n) is 4.06. The van der Waals surface area contributed by atoms with E-state index >= 15 is 0 Å². The number of amides is 2. The van der Waals surface area contributed by atoms with Gasteiger partial charge >= 0.3 is 0 Å². The summed E-state index contributed by atoms with van der Waals surface area (Å²) >= 11 is 3.42. The standard InChI is InChI=1S/C30H36BrN3O5S/c1-6-22(3)32-30(36)23(4)33(19-24-13-15-25(31)16-14-24)29(35)20-34(27-18-21(2)12-17-28(27)39-5)40(37,38)26-10-8-7-9-11-26/h7-18,22-23H,6,19-20H2,1-5H3,(H,32,36). The molecule has 2 atom stereocenters. The number of hydrogen-bond acceptors (Lipinski definition) is 5. The van der Waals surface area contributed by atoms with Crippen LogP contribution >= 0.6 is 15.9 Å². The number of rotatable bonds is 12. The van der Waals surface area contributed by atoms with Crippen molar-refractivity contribution < 1.29 is 22.7 Å². The number of nitrogens with zero attached hydrogens (tertiary/aromatic N) is 2. The Morgan fingerprint density at radius 3 is 2.25 bits per heavy atom. The van der Waals surface area contributed by atoms with Gasteiger partial charge in [0, 0.05) is 17.1 Å². The molecule has 0 fully saturated rings. The topological polar surface area (TPSA) is 96.0 Å². The van der Waals surface area contributed by atoms with Crippen molar-refractivity contribution in [2.24, 2.45) is 0 Å². The molecule has 0 bridgehead atoms. The molecule has 10 heteroatoms. The van der Waals surface area contributed by atoms with Crippen LogP contribution in [-0.2, 0) is 26.2 Å². The third kappa shape index (κ3) is 7.63. The number of aryl methyl sites for hydroxylation is 1. The van der Waals surface area contributed by atoms with Gasteiger partial charge in [0.2, 0.25) is 11.8 Å². The zero-order valence-electron chi connectivity index (χ0n) is 23.4. The van der Waals surface area contributed by atoms with Gasteiger partial charge in [0.05, 0.1) is 17.7 Å². The highest BCUT2D eigenvalue weighted by molar-refractivity contribution is 9.10. The van der Waals surface area contributed by atoms with E-state index in [2.05, 4.69) is 21.2 Å². The first-order chi connectivity index (χ1) is 19.0. The van der Waals surface area contributed by atoms with Gasteiger partial charge in [-0.2, -0.15) is 0 Å². The maximum atomic E-state index is 14.1. The summed E-state index contributed by atoms with van der Waals surface area (Å²) in [7, 11) is -2.73. The predicted octanol–water partition coefficient (Wildman–Crippen LogP) is 5.29. The SMILES string of the molecule is CCC(C)NC(=O)C(C)N(Cc1ccc(Br)cc1)C(=O)CN(c1cc(C)ccc1OC)S(=O)(=O)c1ccccc1. The summed E-state index contributed by atoms with van der Waals surface area (Å²) in [6.07, 6.45) is 0.732. The Kier molecular flexibility index (Phi) is 10.8. The smallest absolute Gasteiger partial charge is 0.264 e. The van der Waals surface area contributed by atoms with Crippen LogP contribution in [0.15, 0.2) is 82.2 Å². The van der Waals surface area contributed by atoms with Gasteiger partial charge in [0.15, 0.2) is 0 Å². The normalized spacial score (nSPS) is 12.8. The molecule has 0 aliphatic carbocycles. The first-order valence-corrected chi connectivity index (χ1v) is 15.3. The summed E-state index contributed by atoms with van der Waals surface area (Å²) in [5, 5.41) is 2.93. The van der Waals surface area contributed by atoms with Crippen LogP contribution in [-0.4, -0.2) is 50.9 Å². The fraction of sp³-hybridized carbons (Fsp3) is 0.333. The third-order valence-corrected chi connectivity index (χ3v) is 8.95. The molecule has 2 unspecified atom stereocenters. The molecule has 214 valence electrons. The lowest BCUT2D eigenvalue weighted by molar-refractivity contribution is -0.139. The second kappa shape index (κ2) is 13.8. The third-order valence-electron chi connectivity index (χ3n) is 6.65. The van der Waals surface area contributed by atoms with E-state index in [9.17, 15) is 18.0 Å². The summed E-state index contributed by atoms with van der Waals surface area (Å²) in [4.78, 5) is 28.7. The second-order valence-corrected chi connectivity index (χ2v) is 12.4. The Morgan fingerprint density at radius 1 is 1.00 bits per heavy atom. The molecule has 1 N–H and O–H groups in total. The Hall–Kier alpha value is -3.37. The molecule has 40 heavy (non-hydrogen) atoms. The van der Waals surface area contributed by atoms with Crippen LogP contribution in [0.25, 0.3) is 0 Å². The maximum Gasteiger partial charge on any atom is 0.264 e. The highest BCUT2D eigenvalue weighted by Crippen LogP contribution is 2.33. The number of anilines is 1.